The monoisotopic (exact) mass is 390 g/mol. The summed E-state index contributed by atoms with van der Waals surface area (Å²) in [4.78, 5) is 24.2. The van der Waals surface area contributed by atoms with Gasteiger partial charge in [-0.2, -0.15) is 13.2 Å². The summed E-state index contributed by atoms with van der Waals surface area (Å²) in [7, 11) is 0. The number of esters is 1. The van der Waals surface area contributed by atoms with E-state index in [1.807, 2.05) is 0 Å². The van der Waals surface area contributed by atoms with Crippen molar-refractivity contribution in [2.45, 2.75) is 33.1 Å². The molecular formula is C16H14ClF3N2O4. The zero-order chi connectivity index (χ0) is 19.6. The molecule has 0 fully saturated rings. The average Bonchev–Trinajstić information content (AvgIpc) is 2.86. The Labute approximate surface area is 151 Å². The van der Waals surface area contributed by atoms with Crippen LogP contribution < -0.4 is 5.32 Å². The predicted molar refractivity (Wildman–Crippen MR) is 85.9 cm³/mol. The maximum absolute atomic E-state index is 13.1. The summed E-state index contributed by atoms with van der Waals surface area (Å²) in [5, 5.41) is 5.55. The van der Waals surface area contributed by atoms with E-state index in [-0.39, 0.29) is 22.0 Å². The van der Waals surface area contributed by atoms with Crippen LogP contribution in [0.15, 0.2) is 22.7 Å². The number of carbonyl (C=O) groups excluding carboxylic acids is 2. The van der Waals surface area contributed by atoms with E-state index in [0.717, 1.165) is 6.07 Å². The van der Waals surface area contributed by atoms with Crippen LogP contribution in [0.5, 0.6) is 0 Å². The number of halogens is 4. The van der Waals surface area contributed by atoms with Crippen molar-refractivity contribution in [3.63, 3.8) is 0 Å². The Morgan fingerprint density at radius 2 is 1.96 bits per heavy atom. The fourth-order valence-corrected chi connectivity index (χ4v) is 2.31. The molecule has 0 aliphatic rings. The molecular weight excluding hydrogens is 377 g/mol. The summed E-state index contributed by atoms with van der Waals surface area (Å²) >= 11 is 5.58. The highest BCUT2D eigenvalue weighted by Crippen LogP contribution is 2.36. The van der Waals surface area contributed by atoms with E-state index in [9.17, 15) is 22.8 Å². The lowest BCUT2D eigenvalue weighted by Gasteiger charge is -2.17. The van der Waals surface area contributed by atoms with Crippen LogP contribution in [0.4, 0.5) is 18.9 Å². The number of rotatable bonds is 4. The zero-order valence-corrected chi connectivity index (χ0v) is 14.7. The minimum absolute atomic E-state index is 0.0622. The topological polar surface area (TPSA) is 81.4 Å². The van der Waals surface area contributed by atoms with Crippen molar-refractivity contribution in [1.29, 1.82) is 0 Å². The Morgan fingerprint density at radius 3 is 2.50 bits per heavy atom. The summed E-state index contributed by atoms with van der Waals surface area (Å²) in [5.74, 6) is -1.59. The lowest BCUT2D eigenvalue weighted by atomic mass is 10.1. The molecule has 0 radical (unpaired) electrons. The van der Waals surface area contributed by atoms with Crippen molar-refractivity contribution in [2.24, 2.45) is 0 Å². The lowest BCUT2D eigenvalue weighted by molar-refractivity contribution is -0.137. The first-order chi connectivity index (χ1) is 12.0. The zero-order valence-electron chi connectivity index (χ0n) is 13.9. The largest absolute Gasteiger partial charge is 0.449 e. The van der Waals surface area contributed by atoms with E-state index in [2.05, 4.69) is 10.5 Å². The standard InChI is InChI=1S/C16H14ClF3N2O4/c1-7-13(8(2)26-22-7)15(24)25-9(3)14(23)21-12-5-4-10(17)6-11(12)16(18,19)20/h4-6,9H,1-3H3,(H,21,23)/t9-/m1/s1. The van der Waals surface area contributed by atoms with Crippen LogP contribution >= 0.6 is 11.6 Å². The number of hydrogen-bond acceptors (Lipinski definition) is 5. The Kier molecular flexibility index (Phi) is 5.60. The number of alkyl halides is 3. The molecule has 0 spiro atoms. The molecule has 0 aliphatic heterocycles. The third-order valence-electron chi connectivity index (χ3n) is 3.44. The Hall–Kier alpha value is -2.55. The quantitative estimate of drug-likeness (QED) is 0.793. The maximum Gasteiger partial charge on any atom is 0.418 e. The summed E-state index contributed by atoms with van der Waals surface area (Å²) in [6.45, 7) is 4.24. The molecule has 2 aromatic rings. The summed E-state index contributed by atoms with van der Waals surface area (Å²) in [6, 6.07) is 2.91. The number of ether oxygens (including phenoxy) is 1. The highest BCUT2D eigenvalue weighted by molar-refractivity contribution is 6.30. The normalized spacial score (nSPS) is 12.6. The first-order valence-corrected chi connectivity index (χ1v) is 7.70. The molecule has 0 saturated carbocycles. The molecule has 0 saturated heterocycles. The van der Waals surface area contributed by atoms with Crippen LogP contribution in [0, 0.1) is 13.8 Å². The number of nitrogens with zero attached hydrogens (tertiary/aromatic N) is 1. The van der Waals surface area contributed by atoms with Gasteiger partial charge in [-0.1, -0.05) is 16.8 Å². The van der Waals surface area contributed by atoms with Crippen LogP contribution in [0.3, 0.4) is 0 Å². The van der Waals surface area contributed by atoms with Crippen molar-refractivity contribution in [3.05, 3.63) is 45.8 Å². The maximum atomic E-state index is 13.1. The van der Waals surface area contributed by atoms with E-state index < -0.39 is 35.4 Å². The predicted octanol–water partition coefficient (Wildman–Crippen LogP) is 4.15. The van der Waals surface area contributed by atoms with Gasteiger partial charge < -0.3 is 14.6 Å². The number of amides is 1. The van der Waals surface area contributed by atoms with Crippen molar-refractivity contribution in [1.82, 2.24) is 5.16 Å². The average molecular weight is 391 g/mol. The third kappa shape index (κ3) is 4.34. The minimum atomic E-state index is -4.72. The molecule has 1 aromatic heterocycles. The van der Waals surface area contributed by atoms with Crippen LogP contribution in [0.1, 0.15) is 34.3 Å². The van der Waals surface area contributed by atoms with Crippen molar-refractivity contribution in [2.75, 3.05) is 5.32 Å². The molecule has 1 N–H and O–H groups in total. The second-order valence-corrected chi connectivity index (χ2v) is 5.86. The van der Waals surface area contributed by atoms with Gasteiger partial charge in [-0.15, -0.1) is 0 Å². The number of anilines is 1. The first kappa shape index (κ1) is 19.8. The summed E-state index contributed by atoms with van der Waals surface area (Å²) in [5.41, 5.74) is -1.26. The number of aromatic nitrogens is 1. The highest BCUT2D eigenvalue weighted by atomic mass is 35.5. The SMILES string of the molecule is Cc1noc(C)c1C(=O)O[C@H](C)C(=O)Nc1ccc(Cl)cc1C(F)(F)F. The van der Waals surface area contributed by atoms with Gasteiger partial charge in [0.25, 0.3) is 5.91 Å². The molecule has 0 unspecified atom stereocenters. The van der Waals surface area contributed by atoms with Crippen LogP contribution in [-0.4, -0.2) is 23.1 Å². The number of carbonyl (C=O) groups is 2. The van der Waals surface area contributed by atoms with Gasteiger partial charge in [-0.05, 0) is 39.0 Å². The molecule has 26 heavy (non-hydrogen) atoms. The fourth-order valence-electron chi connectivity index (χ4n) is 2.14. The highest BCUT2D eigenvalue weighted by Gasteiger charge is 2.35. The summed E-state index contributed by atoms with van der Waals surface area (Å²) in [6.07, 6.45) is -6.07. The summed E-state index contributed by atoms with van der Waals surface area (Å²) < 4.78 is 49.0. The van der Waals surface area contributed by atoms with Gasteiger partial charge in [0.05, 0.1) is 16.9 Å². The fraction of sp³-hybridized carbons (Fsp3) is 0.312. The van der Waals surface area contributed by atoms with E-state index >= 15 is 0 Å². The smallest absolute Gasteiger partial charge is 0.418 e. The van der Waals surface area contributed by atoms with E-state index in [0.29, 0.717) is 6.07 Å². The Bertz CT molecular complexity index is 829. The second-order valence-electron chi connectivity index (χ2n) is 5.42. The number of nitrogens with one attached hydrogen (secondary N) is 1. The van der Waals surface area contributed by atoms with Crippen LogP contribution in [0.25, 0.3) is 0 Å². The van der Waals surface area contributed by atoms with Gasteiger partial charge >= 0.3 is 12.1 Å². The number of hydrogen-bond donors (Lipinski definition) is 1. The lowest BCUT2D eigenvalue weighted by Crippen LogP contribution is -2.31. The van der Waals surface area contributed by atoms with Crippen LogP contribution in [-0.2, 0) is 15.7 Å². The molecule has 10 heteroatoms. The van der Waals surface area contributed by atoms with E-state index in [1.165, 1.54) is 26.8 Å². The van der Waals surface area contributed by atoms with Gasteiger partial charge in [-0.3, -0.25) is 4.79 Å². The molecule has 6 nitrogen and oxygen atoms in total. The molecule has 140 valence electrons. The van der Waals surface area contributed by atoms with Crippen molar-refractivity contribution in [3.8, 4) is 0 Å². The molecule has 1 aromatic carbocycles. The van der Waals surface area contributed by atoms with Crippen molar-refractivity contribution >= 4 is 29.2 Å². The van der Waals surface area contributed by atoms with Gasteiger partial charge in [0.15, 0.2) is 6.10 Å². The molecule has 1 heterocycles. The Balaban J connectivity index is 2.14. The van der Waals surface area contributed by atoms with E-state index in [1.54, 1.807) is 0 Å². The van der Waals surface area contributed by atoms with Gasteiger partial charge in [0, 0.05) is 5.02 Å². The molecule has 2 rings (SSSR count). The molecule has 0 bridgehead atoms. The van der Waals surface area contributed by atoms with Gasteiger partial charge in [0.1, 0.15) is 11.3 Å². The van der Waals surface area contributed by atoms with Crippen LogP contribution in [0.2, 0.25) is 5.02 Å². The molecule has 1 amide bonds. The third-order valence-corrected chi connectivity index (χ3v) is 3.67. The second kappa shape index (κ2) is 7.36. The molecule has 1 atom stereocenters. The van der Waals surface area contributed by atoms with Gasteiger partial charge in [-0.25, -0.2) is 4.79 Å². The number of benzene rings is 1. The Morgan fingerprint density at radius 1 is 1.31 bits per heavy atom. The molecule has 0 aliphatic carbocycles. The van der Waals surface area contributed by atoms with E-state index in [4.69, 9.17) is 20.9 Å². The van der Waals surface area contributed by atoms with Gasteiger partial charge in [0.2, 0.25) is 0 Å². The number of aryl methyl sites for hydroxylation is 2. The minimum Gasteiger partial charge on any atom is -0.449 e. The first-order valence-electron chi connectivity index (χ1n) is 7.32. The van der Waals surface area contributed by atoms with Crippen molar-refractivity contribution < 1.29 is 32.0 Å².